The maximum Gasteiger partial charge on any atom is 0.00230 e. The Hall–Kier alpha value is -0.0800. The second-order valence-electron chi connectivity index (χ2n) is 7.23. The van der Waals surface area contributed by atoms with Crippen molar-refractivity contribution in [1.29, 1.82) is 0 Å². The second kappa shape index (κ2) is 6.91. The van der Waals surface area contributed by atoms with E-state index < -0.39 is 0 Å². The summed E-state index contributed by atoms with van der Waals surface area (Å²) in [6.07, 6.45) is 1.33. The quantitative estimate of drug-likeness (QED) is 0.729. The number of nitrogens with one attached hydrogen (secondary N) is 2. The highest BCUT2D eigenvalue weighted by Crippen LogP contribution is 2.33. The van der Waals surface area contributed by atoms with Crippen molar-refractivity contribution in [3.63, 3.8) is 0 Å². The first-order valence-electron chi connectivity index (χ1n) is 7.80. The fourth-order valence-electron chi connectivity index (χ4n) is 3.34. The molecule has 1 saturated heterocycles. The second-order valence-corrected chi connectivity index (χ2v) is 7.23. The largest absolute Gasteiger partial charge is 0.316 e. The molecule has 0 aromatic rings. The van der Waals surface area contributed by atoms with Crippen molar-refractivity contribution in [3.8, 4) is 0 Å². The third-order valence-corrected chi connectivity index (χ3v) is 5.07. The van der Waals surface area contributed by atoms with Gasteiger partial charge in [0.15, 0.2) is 0 Å². The maximum atomic E-state index is 3.77. The summed E-state index contributed by atoms with van der Waals surface area (Å²) < 4.78 is 0. The van der Waals surface area contributed by atoms with Crippen LogP contribution in [0.25, 0.3) is 0 Å². The van der Waals surface area contributed by atoms with Gasteiger partial charge in [-0.05, 0) is 48.6 Å². The summed E-state index contributed by atoms with van der Waals surface area (Å²) in [5.41, 5.74) is 0.485. The van der Waals surface area contributed by atoms with Gasteiger partial charge in [-0.25, -0.2) is 0 Å². The summed E-state index contributed by atoms with van der Waals surface area (Å²) in [5.74, 6) is 3.10. The lowest BCUT2D eigenvalue weighted by Gasteiger charge is -2.34. The van der Waals surface area contributed by atoms with Gasteiger partial charge in [0.05, 0.1) is 0 Å². The van der Waals surface area contributed by atoms with E-state index in [4.69, 9.17) is 0 Å². The lowest BCUT2D eigenvalue weighted by atomic mass is 9.76. The SMILES string of the molecule is CC(C)C(CNCC1(C(C)C)CCNC1)C(C)C. The van der Waals surface area contributed by atoms with E-state index in [0.717, 1.165) is 23.7 Å². The Kier molecular flexibility index (Phi) is 6.13. The van der Waals surface area contributed by atoms with Crippen molar-refractivity contribution in [3.05, 3.63) is 0 Å². The molecule has 2 N–H and O–H groups in total. The predicted molar refractivity (Wildman–Crippen MR) is 80.8 cm³/mol. The van der Waals surface area contributed by atoms with Crippen LogP contribution < -0.4 is 10.6 Å². The van der Waals surface area contributed by atoms with Crippen LogP contribution in [-0.4, -0.2) is 26.2 Å². The summed E-state index contributed by atoms with van der Waals surface area (Å²) in [6.45, 7) is 18.9. The smallest absolute Gasteiger partial charge is 0.00230 e. The van der Waals surface area contributed by atoms with Gasteiger partial charge in [0, 0.05) is 13.1 Å². The van der Waals surface area contributed by atoms with Crippen LogP contribution in [0.4, 0.5) is 0 Å². The molecule has 1 atom stereocenters. The van der Waals surface area contributed by atoms with Crippen LogP contribution in [0.2, 0.25) is 0 Å². The van der Waals surface area contributed by atoms with E-state index in [1.165, 1.54) is 32.6 Å². The minimum absolute atomic E-state index is 0.485. The molecule has 1 heterocycles. The molecule has 1 unspecified atom stereocenters. The van der Waals surface area contributed by atoms with Crippen LogP contribution in [0.3, 0.4) is 0 Å². The zero-order valence-electron chi connectivity index (χ0n) is 13.3. The van der Waals surface area contributed by atoms with Gasteiger partial charge in [-0.1, -0.05) is 41.5 Å². The number of hydrogen-bond donors (Lipinski definition) is 2. The molecule has 1 aliphatic rings. The first kappa shape index (κ1) is 16.0. The van der Waals surface area contributed by atoms with Crippen molar-refractivity contribution >= 4 is 0 Å². The zero-order valence-corrected chi connectivity index (χ0v) is 13.3. The van der Waals surface area contributed by atoms with Crippen LogP contribution in [0.1, 0.15) is 48.0 Å². The molecule has 0 bridgehead atoms. The van der Waals surface area contributed by atoms with Gasteiger partial charge in [-0.3, -0.25) is 0 Å². The first-order valence-corrected chi connectivity index (χ1v) is 7.80. The molecular formula is C16H34N2. The van der Waals surface area contributed by atoms with E-state index in [-0.39, 0.29) is 0 Å². The van der Waals surface area contributed by atoms with Crippen molar-refractivity contribution in [1.82, 2.24) is 10.6 Å². The average molecular weight is 254 g/mol. The van der Waals surface area contributed by atoms with Crippen molar-refractivity contribution < 1.29 is 0 Å². The molecule has 0 aromatic carbocycles. The zero-order chi connectivity index (χ0) is 13.8. The molecule has 108 valence electrons. The van der Waals surface area contributed by atoms with Gasteiger partial charge < -0.3 is 10.6 Å². The van der Waals surface area contributed by atoms with E-state index >= 15 is 0 Å². The van der Waals surface area contributed by atoms with Gasteiger partial charge in [0.25, 0.3) is 0 Å². The van der Waals surface area contributed by atoms with Gasteiger partial charge >= 0.3 is 0 Å². The van der Waals surface area contributed by atoms with Crippen molar-refractivity contribution in [2.45, 2.75) is 48.0 Å². The summed E-state index contributed by atoms with van der Waals surface area (Å²) in [4.78, 5) is 0. The Morgan fingerprint density at radius 2 is 1.67 bits per heavy atom. The summed E-state index contributed by atoms with van der Waals surface area (Å²) >= 11 is 0. The van der Waals surface area contributed by atoms with E-state index in [1.54, 1.807) is 0 Å². The van der Waals surface area contributed by atoms with E-state index in [0.29, 0.717) is 5.41 Å². The van der Waals surface area contributed by atoms with Crippen LogP contribution in [0, 0.1) is 29.1 Å². The Morgan fingerprint density at radius 1 is 1.06 bits per heavy atom. The molecule has 0 amide bonds. The first-order chi connectivity index (χ1) is 8.39. The van der Waals surface area contributed by atoms with E-state index in [9.17, 15) is 0 Å². The monoisotopic (exact) mass is 254 g/mol. The van der Waals surface area contributed by atoms with Crippen molar-refractivity contribution in [2.75, 3.05) is 26.2 Å². The highest BCUT2D eigenvalue weighted by atomic mass is 15.0. The molecule has 2 heteroatoms. The standard InChI is InChI=1S/C16H34N2/c1-12(2)15(13(3)4)9-18-11-16(14(5)6)7-8-17-10-16/h12-15,17-18H,7-11H2,1-6H3. The van der Waals surface area contributed by atoms with E-state index in [1.807, 2.05) is 0 Å². The topological polar surface area (TPSA) is 24.1 Å². The number of rotatable bonds is 7. The van der Waals surface area contributed by atoms with Crippen LogP contribution >= 0.6 is 0 Å². The predicted octanol–water partition coefficient (Wildman–Crippen LogP) is 3.14. The van der Waals surface area contributed by atoms with E-state index in [2.05, 4.69) is 52.2 Å². The molecule has 0 saturated carbocycles. The Morgan fingerprint density at radius 3 is 2.06 bits per heavy atom. The molecule has 1 rings (SSSR count). The van der Waals surface area contributed by atoms with Crippen molar-refractivity contribution in [2.24, 2.45) is 29.1 Å². The fourth-order valence-corrected chi connectivity index (χ4v) is 3.34. The molecular weight excluding hydrogens is 220 g/mol. The summed E-state index contributed by atoms with van der Waals surface area (Å²) in [7, 11) is 0. The Balaban J connectivity index is 2.43. The third-order valence-electron chi connectivity index (χ3n) is 5.07. The number of hydrogen-bond acceptors (Lipinski definition) is 2. The molecule has 2 nitrogen and oxygen atoms in total. The summed E-state index contributed by atoms with van der Waals surface area (Å²) in [5, 5.41) is 7.31. The maximum absolute atomic E-state index is 3.77. The fraction of sp³-hybridized carbons (Fsp3) is 1.00. The Labute approximate surface area is 114 Å². The molecule has 0 aromatic heterocycles. The van der Waals surface area contributed by atoms with Gasteiger partial charge in [-0.2, -0.15) is 0 Å². The van der Waals surface area contributed by atoms with Crippen LogP contribution in [0.15, 0.2) is 0 Å². The highest BCUT2D eigenvalue weighted by Gasteiger charge is 2.36. The van der Waals surface area contributed by atoms with Gasteiger partial charge in [-0.15, -0.1) is 0 Å². The van der Waals surface area contributed by atoms with Gasteiger partial charge in [0.2, 0.25) is 0 Å². The minimum Gasteiger partial charge on any atom is -0.316 e. The molecule has 0 radical (unpaired) electrons. The lowest BCUT2D eigenvalue weighted by Crippen LogP contribution is -2.42. The molecule has 0 spiro atoms. The molecule has 1 fully saturated rings. The lowest BCUT2D eigenvalue weighted by molar-refractivity contribution is 0.192. The highest BCUT2D eigenvalue weighted by molar-refractivity contribution is 4.92. The Bertz CT molecular complexity index is 219. The minimum atomic E-state index is 0.485. The third kappa shape index (κ3) is 3.96. The van der Waals surface area contributed by atoms with Crippen LogP contribution in [0.5, 0.6) is 0 Å². The summed E-state index contributed by atoms with van der Waals surface area (Å²) in [6, 6.07) is 0. The normalized spacial score (nSPS) is 25.0. The van der Waals surface area contributed by atoms with Gasteiger partial charge in [0.1, 0.15) is 0 Å². The average Bonchev–Trinajstić information content (AvgIpc) is 2.73. The van der Waals surface area contributed by atoms with Crippen LogP contribution in [-0.2, 0) is 0 Å². The molecule has 0 aliphatic carbocycles. The molecule has 18 heavy (non-hydrogen) atoms. The molecule has 1 aliphatic heterocycles.